The van der Waals surface area contributed by atoms with Gasteiger partial charge in [0, 0.05) is 21.6 Å². The molecule has 5 aromatic carbocycles. The Morgan fingerprint density at radius 3 is 1.55 bits per heavy atom. The van der Waals surface area contributed by atoms with Crippen LogP contribution in [0, 0.1) is 0 Å². The molecule has 4 aliphatic rings. The average Bonchev–Trinajstić information content (AvgIpc) is 3.49. The fourth-order valence-corrected chi connectivity index (χ4v) is 11.7. The summed E-state index contributed by atoms with van der Waals surface area (Å²) in [6.07, 6.45) is 0. The van der Waals surface area contributed by atoms with Crippen LogP contribution in [0.3, 0.4) is 0 Å². The summed E-state index contributed by atoms with van der Waals surface area (Å²) in [6, 6.07) is 49.6. The van der Waals surface area contributed by atoms with Crippen LogP contribution in [-0.4, -0.2) is 16.3 Å². The Morgan fingerprint density at radius 1 is 0.550 bits per heavy atom. The number of aliphatic imine (C=N–C) groups is 1. The van der Waals surface area contributed by atoms with Crippen LogP contribution in [0.5, 0.6) is 0 Å². The van der Waals surface area contributed by atoms with E-state index in [1.807, 2.05) is 11.8 Å². The summed E-state index contributed by atoms with van der Waals surface area (Å²) in [5.41, 5.74) is 6.91. The molecule has 9 rings (SSSR count). The third-order valence-corrected chi connectivity index (χ3v) is 13.5. The summed E-state index contributed by atoms with van der Waals surface area (Å²) in [7, 11) is -0.724. The summed E-state index contributed by atoms with van der Waals surface area (Å²) in [6.45, 7) is 4.92. The molecule has 3 heteroatoms. The summed E-state index contributed by atoms with van der Waals surface area (Å²) in [5.74, 6) is 0. The zero-order valence-corrected chi connectivity index (χ0v) is 24.4. The number of hydrogen-bond donors (Lipinski definition) is 0. The Hall–Kier alpha value is -3.45. The fraction of sp³-hybridized carbons (Fsp3) is 0.162. The topological polar surface area (TPSA) is 12.4 Å². The van der Waals surface area contributed by atoms with Gasteiger partial charge in [0.25, 0.3) is 0 Å². The van der Waals surface area contributed by atoms with Crippen molar-refractivity contribution in [2.45, 2.75) is 36.0 Å². The van der Waals surface area contributed by atoms with E-state index in [9.17, 15) is 0 Å². The van der Waals surface area contributed by atoms with E-state index in [0.717, 1.165) is 0 Å². The van der Waals surface area contributed by atoms with Gasteiger partial charge < -0.3 is 0 Å². The van der Waals surface area contributed by atoms with Crippen molar-refractivity contribution in [3.63, 3.8) is 0 Å². The van der Waals surface area contributed by atoms with Crippen LogP contribution in [-0.2, 0) is 10.8 Å². The second-order valence-electron chi connectivity index (χ2n) is 11.4. The molecular formula is C37H30NPS. The Morgan fingerprint density at radius 2 is 1.00 bits per heavy atom. The number of hydrogen-bond acceptors (Lipinski definition) is 2. The van der Waals surface area contributed by atoms with E-state index in [1.54, 1.807) is 0 Å². The van der Waals surface area contributed by atoms with Gasteiger partial charge in [-0.3, -0.25) is 4.99 Å². The predicted octanol–water partition coefficient (Wildman–Crippen LogP) is 7.31. The second kappa shape index (κ2) is 9.03. The van der Waals surface area contributed by atoms with Crippen molar-refractivity contribution < 1.29 is 0 Å². The highest BCUT2D eigenvalue weighted by molar-refractivity contribution is 8.15. The lowest BCUT2D eigenvalue weighted by Gasteiger charge is -2.58. The number of rotatable bonds is 4. The van der Waals surface area contributed by atoms with Crippen LogP contribution < -0.4 is 15.9 Å². The quantitative estimate of drug-likeness (QED) is 0.213. The van der Waals surface area contributed by atoms with Gasteiger partial charge in [-0.1, -0.05) is 152 Å². The molecule has 0 aromatic heterocycles. The third kappa shape index (κ3) is 3.24. The fourth-order valence-electron chi connectivity index (χ4n) is 7.53. The number of nitrogens with zero attached hydrogens (tertiary/aromatic N) is 1. The predicted molar refractivity (Wildman–Crippen MR) is 173 cm³/mol. The molecule has 0 saturated carbocycles. The van der Waals surface area contributed by atoms with Crippen LogP contribution in [0.25, 0.3) is 0 Å². The van der Waals surface area contributed by atoms with Crippen molar-refractivity contribution in [2.75, 3.05) is 0 Å². The first-order valence-corrected chi connectivity index (χ1v) is 16.3. The first kappa shape index (κ1) is 24.4. The van der Waals surface area contributed by atoms with Crippen LogP contribution in [0.4, 0.5) is 0 Å². The lowest BCUT2D eigenvalue weighted by Crippen LogP contribution is -2.61. The molecule has 1 aliphatic heterocycles. The van der Waals surface area contributed by atoms with Crippen LogP contribution >= 0.6 is 19.7 Å². The van der Waals surface area contributed by atoms with Crippen molar-refractivity contribution in [2.24, 2.45) is 4.99 Å². The number of thioether (sulfide) groups is 1. The molecule has 0 fully saturated rings. The van der Waals surface area contributed by atoms with Crippen molar-refractivity contribution in [3.8, 4) is 0 Å². The van der Waals surface area contributed by atoms with Gasteiger partial charge in [0.05, 0.1) is 11.1 Å². The van der Waals surface area contributed by atoms with Crippen molar-refractivity contribution >= 4 is 40.6 Å². The van der Waals surface area contributed by atoms with Crippen LogP contribution in [0.1, 0.15) is 41.7 Å². The first-order valence-electron chi connectivity index (χ1n) is 14.1. The molecule has 0 unspecified atom stereocenters. The van der Waals surface area contributed by atoms with Gasteiger partial charge in [0.2, 0.25) is 0 Å². The van der Waals surface area contributed by atoms with Gasteiger partial charge in [-0.05, 0) is 53.0 Å². The highest BCUT2D eigenvalue weighted by atomic mass is 32.2. The molecule has 2 atom stereocenters. The highest BCUT2D eigenvalue weighted by Gasteiger charge is 2.64. The molecule has 0 saturated heterocycles. The summed E-state index contributed by atoms with van der Waals surface area (Å²) < 4.78 is 0. The molecule has 0 amide bonds. The Labute approximate surface area is 242 Å². The molecule has 0 N–H and O–H groups in total. The van der Waals surface area contributed by atoms with E-state index in [4.69, 9.17) is 4.99 Å². The van der Waals surface area contributed by atoms with E-state index >= 15 is 0 Å². The molecule has 194 valence electrons. The van der Waals surface area contributed by atoms with Gasteiger partial charge in [-0.15, -0.1) is 0 Å². The molecule has 0 spiro atoms. The van der Waals surface area contributed by atoms with Crippen molar-refractivity contribution in [1.82, 2.24) is 0 Å². The maximum absolute atomic E-state index is 5.70. The Kier molecular flexibility index (Phi) is 5.50. The zero-order chi connectivity index (χ0) is 26.9. The third-order valence-electron chi connectivity index (χ3n) is 9.44. The highest BCUT2D eigenvalue weighted by Crippen LogP contribution is 2.64. The molecule has 5 aromatic rings. The van der Waals surface area contributed by atoms with E-state index in [2.05, 4.69) is 147 Å². The zero-order valence-electron chi connectivity index (χ0n) is 22.7. The first-order chi connectivity index (χ1) is 19.6. The van der Waals surface area contributed by atoms with E-state index < -0.39 is 7.92 Å². The summed E-state index contributed by atoms with van der Waals surface area (Å²) in [4.78, 5) is 5.70. The minimum Gasteiger partial charge on any atom is -0.272 e. The van der Waals surface area contributed by atoms with Crippen molar-refractivity contribution in [1.29, 1.82) is 0 Å². The molecule has 2 bridgehead atoms. The van der Waals surface area contributed by atoms with Gasteiger partial charge in [0.1, 0.15) is 0 Å². The molecule has 1 nitrogen and oxygen atoms in total. The van der Waals surface area contributed by atoms with E-state index in [0.29, 0.717) is 5.25 Å². The van der Waals surface area contributed by atoms with Crippen molar-refractivity contribution in [3.05, 3.63) is 161 Å². The van der Waals surface area contributed by atoms with Gasteiger partial charge in [0.15, 0.2) is 0 Å². The second-order valence-corrected chi connectivity index (χ2v) is 14.8. The number of benzene rings is 5. The van der Waals surface area contributed by atoms with Gasteiger partial charge in [-0.2, -0.15) is 0 Å². The molecule has 1 heterocycles. The standard InChI is InChI=1S/C37H30NPS/c1-36-28-20-10-12-22-30(28)37(2,31-23-13-11-21-29(31)36)34-33(36)38-35(40-34)27-19-9-14-24-32(27)39(25-15-5-3-6-16-25)26-17-7-4-8-18-26/h3-24,33-34H,1-2H3/t33-,34+,36?,37?/m0/s1. The minimum atomic E-state index is -0.724. The Balaban J connectivity index is 1.31. The maximum atomic E-state index is 5.70. The normalized spacial score (nSPS) is 25.7. The smallest absolute Gasteiger partial charge is 0.0991 e. The lowest BCUT2D eigenvalue weighted by molar-refractivity contribution is 0.298. The maximum Gasteiger partial charge on any atom is 0.0991 e. The van der Waals surface area contributed by atoms with E-state index in [1.165, 1.54) is 48.8 Å². The average molecular weight is 552 g/mol. The lowest BCUT2D eigenvalue weighted by atomic mass is 9.48. The monoisotopic (exact) mass is 551 g/mol. The summed E-state index contributed by atoms with van der Waals surface area (Å²) >= 11 is 2.02. The largest absolute Gasteiger partial charge is 0.272 e. The molecular weight excluding hydrogens is 521 g/mol. The Bertz CT molecular complexity index is 1690. The molecule has 3 aliphatic carbocycles. The van der Waals surface area contributed by atoms with Gasteiger partial charge >= 0.3 is 0 Å². The molecule has 0 radical (unpaired) electrons. The SMILES string of the molecule is CC12c3ccccc3C(C)(c3ccccc31)[C@H]1N=C(c3ccccc3P(c3ccccc3)c3ccccc3)S[C@H]12. The van der Waals surface area contributed by atoms with Gasteiger partial charge in [-0.25, -0.2) is 0 Å². The minimum absolute atomic E-state index is 0.0932. The molecule has 40 heavy (non-hydrogen) atoms. The van der Waals surface area contributed by atoms with Crippen LogP contribution in [0.15, 0.2) is 138 Å². The summed E-state index contributed by atoms with van der Waals surface area (Å²) in [5, 5.41) is 5.68. The van der Waals surface area contributed by atoms with E-state index in [-0.39, 0.29) is 16.9 Å². The van der Waals surface area contributed by atoms with Crippen LogP contribution in [0.2, 0.25) is 0 Å².